The molecule has 2 atom stereocenters. The molecule has 1 amide bonds. The number of alkyl halides is 4. The van der Waals surface area contributed by atoms with Gasteiger partial charge in [-0.1, -0.05) is 0 Å². The number of fused-ring (bicyclic) bond motifs is 1. The molecule has 3 heterocycles. The molecule has 0 radical (unpaired) electrons. The van der Waals surface area contributed by atoms with E-state index >= 15 is 0 Å². The Hall–Kier alpha value is -3.46. The molecule has 13 heteroatoms. The van der Waals surface area contributed by atoms with Gasteiger partial charge >= 0.3 is 223 Å². The first-order valence-electron chi connectivity index (χ1n) is 12.1. The van der Waals surface area contributed by atoms with Gasteiger partial charge in [-0.2, -0.15) is 0 Å². The summed E-state index contributed by atoms with van der Waals surface area (Å²) in [6, 6.07) is 9.23. The molecule has 4 rings (SSSR count). The number of anilines is 2. The number of carbonyl (C=O) groups excluding carboxylic acids is 1. The third-order valence-corrected chi connectivity index (χ3v) is 7.93. The molecule has 8 nitrogen and oxygen atoms in total. The molecular formula is C26H28F4N6O2Se. The summed E-state index contributed by atoms with van der Waals surface area (Å²) in [6.45, 7) is 1.07. The first-order chi connectivity index (χ1) is 18.6. The molecule has 2 aromatic heterocycles. The Morgan fingerprint density at radius 2 is 2.08 bits per heavy atom. The van der Waals surface area contributed by atoms with E-state index in [-0.39, 0.29) is 34.7 Å². The fraction of sp³-hybridized carbons (Fsp3) is 0.385. The third kappa shape index (κ3) is 6.95. The SMILES string of the molecule is CNC(=O)c1ccc(NCC#Cc2nn3c(N[C@@H]4CCN(C)C[C@@H]4F)cccc3c2[Se]C(F)(F)F)c(OC)c1. The molecule has 208 valence electrons. The Bertz CT molecular complexity index is 1400. The van der Waals surface area contributed by atoms with Crippen LogP contribution in [0.3, 0.4) is 0 Å². The van der Waals surface area contributed by atoms with Crippen LogP contribution in [0.15, 0.2) is 36.4 Å². The second kappa shape index (κ2) is 12.2. The minimum absolute atomic E-state index is 0.0128. The molecule has 0 unspecified atom stereocenters. The first kappa shape index (κ1) is 28.5. The van der Waals surface area contributed by atoms with Crippen LogP contribution in [0.25, 0.3) is 5.52 Å². The molecule has 3 aromatic rings. The Balaban J connectivity index is 1.59. The summed E-state index contributed by atoms with van der Waals surface area (Å²) in [5.41, 5.74) is 1.29. The van der Waals surface area contributed by atoms with E-state index in [2.05, 4.69) is 32.9 Å². The van der Waals surface area contributed by atoms with Crippen LogP contribution in [0.4, 0.5) is 29.1 Å². The van der Waals surface area contributed by atoms with Crippen LogP contribution in [-0.2, 0) is 0 Å². The van der Waals surface area contributed by atoms with E-state index in [1.54, 1.807) is 36.4 Å². The number of methoxy groups -OCH3 is 1. The predicted octanol–water partition coefficient (Wildman–Crippen LogP) is 2.47. The number of amides is 1. The normalized spacial score (nSPS) is 17.8. The quantitative estimate of drug-likeness (QED) is 0.217. The van der Waals surface area contributed by atoms with E-state index < -0.39 is 32.2 Å². The Morgan fingerprint density at radius 1 is 1.28 bits per heavy atom. The van der Waals surface area contributed by atoms with Crippen molar-refractivity contribution in [2.75, 3.05) is 51.5 Å². The topological polar surface area (TPSA) is 82.9 Å². The zero-order valence-corrected chi connectivity index (χ0v) is 23.2. The van der Waals surface area contributed by atoms with E-state index in [0.717, 1.165) is 0 Å². The maximum atomic E-state index is 14.6. The van der Waals surface area contributed by atoms with Crippen molar-refractivity contribution in [3.63, 3.8) is 0 Å². The van der Waals surface area contributed by atoms with Gasteiger partial charge in [0.15, 0.2) is 0 Å². The van der Waals surface area contributed by atoms with Crippen molar-refractivity contribution in [1.82, 2.24) is 19.8 Å². The fourth-order valence-electron chi connectivity index (χ4n) is 4.25. The number of aromatic nitrogens is 2. The zero-order chi connectivity index (χ0) is 28.2. The van der Waals surface area contributed by atoms with Gasteiger partial charge in [0, 0.05) is 7.05 Å². The van der Waals surface area contributed by atoms with Crippen molar-refractivity contribution in [3.05, 3.63) is 47.7 Å². The molecular weight excluding hydrogens is 583 g/mol. The van der Waals surface area contributed by atoms with Gasteiger partial charge in [-0.3, -0.25) is 0 Å². The van der Waals surface area contributed by atoms with Crippen LogP contribution in [0, 0.1) is 11.8 Å². The summed E-state index contributed by atoms with van der Waals surface area (Å²) in [4.78, 5) is 13.8. The number of nitrogens with one attached hydrogen (secondary N) is 3. The molecule has 0 saturated carbocycles. The molecule has 0 bridgehead atoms. The predicted molar refractivity (Wildman–Crippen MR) is 143 cm³/mol. The Morgan fingerprint density at radius 3 is 2.77 bits per heavy atom. The first-order valence-corrected chi connectivity index (χ1v) is 13.8. The van der Waals surface area contributed by atoms with Crippen LogP contribution >= 0.6 is 0 Å². The maximum absolute atomic E-state index is 14.6. The molecule has 1 aromatic carbocycles. The van der Waals surface area contributed by atoms with E-state index in [4.69, 9.17) is 4.74 Å². The molecule has 39 heavy (non-hydrogen) atoms. The van der Waals surface area contributed by atoms with Crippen LogP contribution in [0.5, 0.6) is 5.75 Å². The summed E-state index contributed by atoms with van der Waals surface area (Å²) >= 11 is -1.89. The van der Waals surface area contributed by atoms with Gasteiger partial charge < -0.3 is 0 Å². The molecule has 1 aliphatic heterocycles. The number of hydrogen-bond donors (Lipinski definition) is 3. The van der Waals surface area contributed by atoms with Crippen LogP contribution in [0.1, 0.15) is 22.5 Å². The number of likely N-dealkylation sites (tertiary alicyclic amines) is 1. The molecule has 0 aliphatic carbocycles. The standard InChI is InChI=1S/C26H28F4N6O2Se/c1-31-25(37)16-9-10-19(22(14-16)38-3)32-12-5-6-20-24(39-26(28,29)30)21-7-4-8-23(36(21)34-20)33-18-11-13-35(2)15-17(18)27/h4,7-10,14,17-18,32-33H,11-13,15H2,1-3H3,(H,31,37)/t17-,18+/m0/s1. The second-order valence-corrected chi connectivity index (χ2v) is 11.2. The number of carbonyl (C=O) groups is 1. The van der Waals surface area contributed by atoms with Gasteiger partial charge in [-0.25, -0.2) is 0 Å². The van der Waals surface area contributed by atoms with E-state index in [0.29, 0.717) is 35.8 Å². The number of halogens is 4. The van der Waals surface area contributed by atoms with Crippen molar-refractivity contribution in [2.45, 2.75) is 23.7 Å². The molecule has 1 aliphatic rings. The van der Waals surface area contributed by atoms with E-state index in [9.17, 15) is 22.4 Å². The zero-order valence-electron chi connectivity index (χ0n) is 21.5. The number of nitrogens with zero attached hydrogens (tertiary/aromatic N) is 3. The third-order valence-electron chi connectivity index (χ3n) is 6.17. The summed E-state index contributed by atoms with van der Waals surface area (Å²) < 4.78 is 61.9. The molecule has 1 fully saturated rings. The monoisotopic (exact) mass is 612 g/mol. The summed E-state index contributed by atoms with van der Waals surface area (Å²) in [7, 11) is 4.83. The van der Waals surface area contributed by atoms with Crippen LogP contribution in [-0.4, -0.2) is 93.5 Å². The number of hydrogen-bond acceptors (Lipinski definition) is 6. The molecule has 3 N–H and O–H groups in total. The average molecular weight is 612 g/mol. The van der Waals surface area contributed by atoms with Gasteiger partial charge in [0.25, 0.3) is 0 Å². The van der Waals surface area contributed by atoms with Crippen molar-refractivity contribution < 1.29 is 27.1 Å². The molecule has 0 spiro atoms. The van der Waals surface area contributed by atoms with Gasteiger partial charge in [0.2, 0.25) is 0 Å². The van der Waals surface area contributed by atoms with Crippen molar-refractivity contribution in [2.24, 2.45) is 0 Å². The van der Waals surface area contributed by atoms with E-state index in [1.807, 2.05) is 11.9 Å². The van der Waals surface area contributed by atoms with Crippen LogP contribution in [0.2, 0.25) is 0 Å². The van der Waals surface area contributed by atoms with Crippen molar-refractivity contribution >= 4 is 42.3 Å². The van der Waals surface area contributed by atoms with E-state index in [1.165, 1.54) is 18.7 Å². The van der Waals surface area contributed by atoms with Crippen molar-refractivity contribution in [3.8, 4) is 17.6 Å². The number of piperidine rings is 1. The Kier molecular flexibility index (Phi) is 8.90. The van der Waals surface area contributed by atoms with Gasteiger partial charge in [-0.15, -0.1) is 0 Å². The second-order valence-electron chi connectivity index (χ2n) is 8.90. The van der Waals surface area contributed by atoms with Crippen molar-refractivity contribution in [1.29, 1.82) is 0 Å². The Labute approximate surface area is 229 Å². The number of benzene rings is 1. The van der Waals surface area contributed by atoms with Gasteiger partial charge in [0.1, 0.15) is 0 Å². The summed E-state index contributed by atoms with van der Waals surface area (Å²) in [6.07, 6.45) is -0.568. The average Bonchev–Trinajstić information content (AvgIpc) is 3.24. The minimum atomic E-state index is -4.41. The van der Waals surface area contributed by atoms with Gasteiger partial charge in [0.05, 0.1) is 0 Å². The fourth-order valence-corrected chi connectivity index (χ4v) is 5.68. The number of ether oxygens (including phenoxy) is 1. The summed E-state index contributed by atoms with van der Waals surface area (Å²) in [5.74, 6) is 6.18. The van der Waals surface area contributed by atoms with Gasteiger partial charge in [-0.05, 0) is 0 Å². The number of pyridine rings is 1. The van der Waals surface area contributed by atoms with Crippen LogP contribution < -0.4 is 25.1 Å². The molecule has 1 saturated heterocycles. The number of rotatable bonds is 7. The summed E-state index contributed by atoms with van der Waals surface area (Å²) in [5, 5.41) is 8.70.